The van der Waals surface area contributed by atoms with E-state index in [0.717, 1.165) is 6.42 Å². The largest absolute Gasteiger partial charge is 0.331 e. The minimum Gasteiger partial charge on any atom is -0.331 e. The number of aromatic nitrogens is 2. The fraction of sp³-hybridized carbons (Fsp3) is 0.774. The van der Waals surface area contributed by atoms with Crippen LogP contribution < -0.4 is 0 Å². The van der Waals surface area contributed by atoms with E-state index in [1.807, 2.05) is 6.20 Å². The molecule has 2 rings (SSSR count). The van der Waals surface area contributed by atoms with Crippen molar-refractivity contribution < 1.29 is 0 Å². The lowest BCUT2D eigenvalue weighted by molar-refractivity contribution is 0.390. The van der Waals surface area contributed by atoms with Gasteiger partial charge in [-0.15, -0.1) is 0 Å². The fourth-order valence-corrected chi connectivity index (χ4v) is 5.58. The molecule has 0 aliphatic heterocycles. The third-order valence-corrected chi connectivity index (χ3v) is 7.65. The van der Waals surface area contributed by atoms with Crippen molar-refractivity contribution in [2.45, 2.75) is 154 Å². The second-order valence-corrected chi connectivity index (χ2v) is 10.6. The predicted molar refractivity (Wildman–Crippen MR) is 146 cm³/mol. The highest BCUT2D eigenvalue weighted by atomic mass is 15.1. The highest BCUT2D eigenvalue weighted by Crippen LogP contribution is 2.37. The van der Waals surface area contributed by atoms with E-state index >= 15 is 0 Å². The third-order valence-electron chi connectivity index (χ3n) is 7.65. The van der Waals surface area contributed by atoms with Crippen LogP contribution in [-0.4, -0.2) is 9.55 Å². The van der Waals surface area contributed by atoms with Gasteiger partial charge < -0.3 is 4.57 Å². The number of allylic oxidation sites excluding steroid dienone is 4. The van der Waals surface area contributed by atoms with E-state index in [-0.39, 0.29) is 5.41 Å². The van der Waals surface area contributed by atoms with Gasteiger partial charge in [0.05, 0.1) is 5.41 Å². The van der Waals surface area contributed by atoms with Crippen LogP contribution in [0.15, 0.2) is 36.7 Å². The number of hydrogen-bond donors (Lipinski definition) is 0. The molecule has 0 fully saturated rings. The van der Waals surface area contributed by atoms with Gasteiger partial charge in [0, 0.05) is 18.4 Å². The molecule has 188 valence electrons. The summed E-state index contributed by atoms with van der Waals surface area (Å²) in [7, 11) is 0. The van der Waals surface area contributed by atoms with Gasteiger partial charge in [-0.25, -0.2) is 4.98 Å². The second-order valence-electron chi connectivity index (χ2n) is 10.6. The van der Waals surface area contributed by atoms with Crippen LogP contribution in [0, 0.1) is 0 Å². The predicted octanol–water partition coefficient (Wildman–Crippen LogP) is 10.3. The molecule has 2 nitrogen and oxygen atoms in total. The normalized spacial score (nSPS) is 18.8. The zero-order valence-electron chi connectivity index (χ0n) is 22.4. The maximum atomic E-state index is 4.85. The molecule has 0 saturated heterocycles. The Hall–Kier alpha value is -1.31. The van der Waals surface area contributed by atoms with Crippen LogP contribution in [-0.2, 0) is 5.41 Å². The molecular formula is C31H54N2. The van der Waals surface area contributed by atoms with Crippen LogP contribution in [0.2, 0.25) is 0 Å². The molecule has 1 aromatic heterocycles. The molecule has 2 heteroatoms. The van der Waals surface area contributed by atoms with E-state index < -0.39 is 0 Å². The van der Waals surface area contributed by atoms with Crippen molar-refractivity contribution in [3.63, 3.8) is 0 Å². The topological polar surface area (TPSA) is 17.8 Å². The SMILES string of the molecule is CCCCCCCCCCCCCCCCCC(C)n1ccnc1C1(CCC)C=CC=CC1. The Morgan fingerprint density at radius 3 is 1.88 bits per heavy atom. The van der Waals surface area contributed by atoms with Crippen molar-refractivity contribution in [2.75, 3.05) is 0 Å². The molecule has 2 unspecified atom stereocenters. The molecule has 0 spiro atoms. The molecule has 2 atom stereocenters. The van der Waals surface area contributed by atoms with E-state index in [4.69, 9.17) is 4.98 Å². The Kier molecular flexibility index (Phi) is 14.5. The first-order valence-corrected chi connectivity index (χ1v) is 14.6. The van der Waals surface area contributed by atoms with Crippen LogP contribution >= 0.6 is 0 Å². The summed E-state index contributed by atoms with van der Waals surface area (Å²) in [5, 5.41) is 0. The van der Waals surface area contributed by atoms with Gasteiger partial charge in [0.15, 0.2) is 0 Å². The number of nitrogens with zero attached hydrogens (tertiary/aromatic N) is 2. The summed E-state index contributed by atoms with van der Waals surface area (Å²) in [5.41, 5.74) is 0.0936. The van der Waals surface area contributed by atoms with Crippen molar-refractivity contribution in [3.8, 4) is 0 Å². The molecular weight excluding hydrogens is 400 g/mol. The molecule has 0 saturated carbocycles. The van der Waals surface area contributed by atoms with Gasteiger partial charge >= 0.3 is 0 Å². The standard InChI is InChI=1S/C31H54N2/c1-4-6-7-8-9-10-11-12-13-14-15-16-17-18-20-23-29(3)33-28-27-32-30(33)31(24-5-2)25-21-19-22-26-31/h19,21-22,25,27-29H,4-18,20,23-24,26H2,1-3H3. The van der Waals surface area contributed by atoms with Crippen LogP contribution in [0.4, 0.5) is 0 Å². The zero-order valence-corrected chi connectivity index (χ0v) is 22.4. The Morgan fingerprint density at radius 1 is 0.788 bits per heavy atom. The van der Waals surface area contributed by atoms with Crippen LogP contribution in [0.25, 0.3) is 0 Å². The monoisotopic (exact) mass is 454 g/mol. The first-order chi connectivity index (χ1) is 16.2. The van der Waals surface area contributed by atoms with Crippen molar-refractivity contribution in [3.05, 3.63) is 42.5 Å². The Labute approximate surface area is 206 Å². The summed E-state index contributed by atoms with van der Waals surface area (Å²) in [5.74, 6) is 1.28. The molecule has 1 aliphatic carbocycles. The van der Waals surface area contributed by atoms with E-state index in [0.29, 0.717) is 6.04 Å². The minimum atomic E-state index is 0.0936. The lowest BCUT2D eigenvalue weighted by Gasteiger charge is -2.32. The zero-order chi connectivity index (χ0) is 23.6. The molecule has 0 bridgehead atoms. The summed E-state index contributed by atoms with van der Waals surface area (Å²) in [6.45, 7) is 6.98. The van der Waals surface area contributed by atoms with Gasteiger partial charge in [-0.3, -0.25) is 0 Å². The number of unbranched alkanes of at least 4 members (excludes halogenated alkanes) is 14. The van der Waals surface area contributed by atoms with Gasteiger partial charge in [-0.1, -0.05) is 141 Å². The second kappa shape index (κ2) is 17.2. The van der Waals surface area contributed by atoms with Crippen molar-refractivity contribution in [1.82, 2.24) is 9.55 Å². The van der Waals surface area contributed by atoms with Crippen molar-refractivity contribution >= 4 is 0 Å². The van der Waals surface area contributed by atoms with Gasteiger partial charge in [0.1, 0.15) is 5.82 Å². The first-order valence-electron chi connectivity index (χ1n) is 14.6. The molecule has 0 radical (unpaired) electrons. The lowest BCUT2D eigenvalue weighted by atomic mass is 9.77. The quantitative estimate of drug-likeness (QED) is 0.179. The Balaban J connectivity index is 1.54. The summed E-state index contributed by atoms with van der Waals surface area (Å²) in [4.78, 5) is 4.85. The van der Waals surface area contributed by atoms with Gasteiger partial charge in [-0.05, 0) is 26.2 Å². The highest BCUT2D eigenvalue weighted by Gasteiger charge is 2.33. The molecule has 1 heterocycles. The van der Waals surface area contributed by atoms with Crippen LogP contribution in [0.5, 0.6) is 0 Å². The van der Waals surface area contributed by atoms with Crippen molar-refractivity contribution in [1.29, 1.82) is 0 Å². The average molecular weight is 455 g/mol. The maximum absolute atomic E-state index is 4.85. The minimum absolute atomic E-state index is 0.0936. The third kappa shape index (κ3) is 10.2. The van der Waals surface area contributed by atoms with E-state index in [1.54, 1.807) is 0 Å². The summed E-state index contributed by atoms with van der Waals surface area (Å²) in [6, 6.07) is 0.539. The van der Waals surface area contributed by atoms with Gasteiger partial charge in [0.25, 0.3) is 0 Å². The number of rotatable bonds is 20. The molecule has 1 aliphatic rings. The number of hydrogen-bond acceptors (Lipinski definition) is 1. The maximum Gasteiger partial charge on any atom is 0.119 e. The molecule has 1 aromatic rings. The number of imidazole rings is 1. The van der Waals surface area contributed by atoms with Gasteiger partial charge in [-0.2, -0.15) is 0 Å². The smallest absolute Gasteiger partial charge is 0.119 e. The Bertz CT molecular complexity index is 656. The van der Waals surface area contributed by atoms with Crippen LogP contribution in [0.1, 0.15) is 155 Å². The van der Waals surface area contributed by atoms with Crippen LogP contribution in [0.3, 0.4) is 0 Å². The van der Waals surface area contributed by atoms with E-state index in [2.05, 4.69) is 55.8 Å². The average Bonchev–Trinajstić information content (AvgIpc) is 3.33. The van der Waals surface area contributed by atoms with E-state index in [1.165, 1.54) is 121 Å². The molecule has 33 heavy (non-hydrogen) atoms. The van der Waals surface area contributed by atoms with E-state index in [9.17, 15) is 0 Å². The van der Waals surface area contributed by atoms with Gasteiger partial charge in [0.2, 0.25) is 0 Å². The molecule has 0 aromatic carbocycles. The van der Waals surface area contributed by atoms with Crippen molar-refractivity contribution in [2.24, 2.45) is 0 Å². The lowest BCUT2D eigenvalue weighted by Crippen LogP contribution is -2.29. The molecule has 0 N–H and O–H groups in total. The fourth-order valence-electron chi connectivity index (χ4n) is 5.58. The highest BCUT2D eigenvalue weighted by molar-refractivity contribution is 5.28. The Morgan fingerprint density at radius 2 is 1.36 bits per heavy atom. The molecule has 0 amide bonds. The summed E-state index contributed by atoms with van der Waals surface area (Å²) in [6.07, 6.45) is 39.5. The summed E-state index contributed by atoms with van der Waals surface area (Å²) < 4.78 is 2.48. The first kappa shape index (κ1) is 27.9. The summed E-state index contributed by atoms with van der Waals surface area (Å²) >= 11 is 0.